The Hall–Kier alpha value is -3.28. The lowest BCUT2D eigenvalue weighted by Crippen LogP contribution is -2.45. The largest absolute Gasteiger partial charge is 0.496 e. The average molecular weight is 420 g/mol. The van der Waals surface area contributed by atoms with Gasteiger partial charge in [-0.15, -0.1) is 0 Å². The third kappa shape index (κ3) is 3.78. The number of anilines is 1. The Morgan fingerprint density at radius 1 is 1.19 bits per heavy atom. The highest BCUT2D eigenvalue weighted by atomic mass is 16.5. The summed E-state index contributed by atoms with van der Waals surface area (Å²) in [6.07, 6.45) is 2.75. The van der Waals surface area contributed by atoms with Gasteiger partial charge in [0.2, 0.25) is 0 Å². The van der Waals surface area contributed by atoms with Gasteiger partial charge in [0, 0.05) is 29.9 Å². The molecule has 0 spiro atoms. The van der Waals surface area contributed by atoms with E-state index in [1.54, 1.807) is 13.2 Å². The fourth-order valence-corrected chi connectivity index (χ4v) is 4.54. The number of carbonyl (C=O) groups excluding carboxylic acids is 2. The maximum Gasteiger partial charge on any atom is 0.329 e. The van der Waals surface area contributed by atoms with Crippen molar-refractivity contribution in [1.82, 2.24) is 10.2 Å². The highest BCUT2D eigenvalue weighted by molar-refractivity contribution is 6.14. The van der Waals surface area contributed by atoms with Crippen molar-refractivity contribution in [3.05, 3.63) is 64.9 Å². The van der Waals surface area contributed by atoms with Crippen LogP contribution in [0.4, 0.5) is 10.5 Å². The first kappa shape index (κ1) is 21.0. The molecule has 1 N–H and O–H groups in total. The van der Waals surface area contributed by atoms with E-state index in [1.807, 2.05) is 36.4 Å². The number of imide groups is 1. The summed E-state index contributed by atoms with van der Waals surface area (Å²) >= 11 is 0. The second kappa shape index (κ2) is 7.76. The van der Waals surface area contributed by atoms with Crippen LogP contribution in [0.15, 0.2) is 48.2 Å². The van der Waals surface area contributed by atoms with Gasteiger partial charge >= 0.3 is 6.03 Å². The van der Waals surface area contributed by atoms with Crippen LogP contribution in [0.5, 0.6) is 5.75 Å². The van der Waals surface area contributed by atoms with E-state index < -0.39 is 6.03 Å². The van der Waals surface area contributed by atoms with E-state index in [2.05, 4.69) is 44.1 Å². The molecule has 0 aliphatic carbocycles. The predicted octanol–water partition coefficient (Wildman–Crippen LogP) is 4.51. The van der Waals surface area contributed by atoms with Crippen molar-refractivity contribution in [3.63, 3.8) is 0 Å². The lowest BCUT2D eigenvalue weighted by Gasteiger charge is -2.45. The normalized spacial score (nSPS) is 21.3. The van der Waals surface area contributed by atoms with Crippen LogP contribution in [0.1, 0.15) is 49.8 Å². The molecule has 6 heteroatoms. The van der Waals surface area contributed by atoms with Crippen molar-refractivity contribution in [2.45, 2.75) is 45.2 Å². The molecule has 3 amide bonds. The molecule has 0 saturated carbocycles. The molecular formula is C25H29N3O3. The zero-order chi connectivity index (χ0) is 22.3. The molecule has 31 heavy (non-hydrogen) atoms. The minimum Gasteiger partial charge on any atom is -0.496 e. The van der Waals surface area contributed by atoms with Gasteiger partial charge in [0.25, 0.3) is 5.91 Å². The first-order chi connectivity index (χ1) is 14.7. The molecule has 0 aromatic heterocycles. The molecule has 2 aromatic rings. The number of amides is 3. The Balaban J connectivity index is 1.68. The molecule has 2 aliphatic heterocycles. The van der Waals surface area contributed by atoms with Crippen LogP contribution >= 0.6 is 0 Å². The summed E-state index contributed by atoms with van der Waals surface area (Å²) in [4.78, 5) is 28.9. The lowest BCUT2D eigenvalue weighted by molar-refractivity contribution is -0.123. The number of urea groups is 1. The van der Waals surface area contributed by atoms with Crippen molar-refractivity contribution in [2.24, 2.45) is 0 Å². The summed E-state index contributed by atoms with van der Waals surface area (Å²) in [5.41, 5.74) is 4.34. The second-order valence-corrected chi connectivity index (χ2v) is 8.99. The molecule has 2 aliphatic rings. The summed E-state index contributed by atoms with van der Waals surface area (Å²) in [7, 11) is 3.72. The number of ether oxygens (including phenoxy) is 1. The number of benzene rings is 2. The van der Waals surface area contributed by atoms with Gasteiger partial charge in [0.05, 0.1) is 13.7 Å². The summed E-state index contributed by atoms with van der Waals surface area (Å²) < 4.78 is 5.65. The Labute approximate surface area is 183 Å². The smallest absolute Gasteiger partial charge is 0.329 e. The van der Waals surface area contributed by atoms with Gasteiger partial charge in [0.15, 0.2) is 0 Å². The molecule has 1 fully saturated rings. The van der Waals surface area contributed by atoms with Crippen LogP contribution in [-0.4, -0.2) is 36.5 Å². The van der Waals surface area contributed by atoms with Crippen molar-refractivity contribution >= 4 is 23.7 Å². The first-order valence-corrected chi connectivity index (χ1v) is 10.6. The Morgan fingerprint density at radius 3 is 2.58 bits per heavy atom. The molecule has 6 nitrogen and oxygen atoms in total. The molecule has 0 bridgehead atoms. The van der Waals surface area contributed by atoms with Gasteiger partial charge in [-0.3, -0.25) is 9.69 Å². The van der Waals surface area contributed by atoms with Gasteiger partial charge < -0.3 is 15.0 Å². The number of carbonyl (C=O) groups is 2. The fourth-order valence-electron chi connectivity index (χ4n) is 4.54. The fraction of sp³-hybridized carbons (Fsp3) is 0.360. The quantitative estimate of drug-likeness (QED) is 0.585. The summed E-state index contributed by atoms with van der Waals surface area (Å²) in [6, 6.07) is 13.2. The number of hydrogen-bond donors (Lipinski definition) is 1. The summed E-state index contributed by atoms with van der Waals surface area (Å²) in [5.74, 6) is 0.708. The predicted molar refractivity (Wildman–Crippen MR) is 122 cm³/mol. The number of fused-ring (bicyclic) bond motifs is 1. The van der Waals surface area contributed by atoms with Crippen LogP contribution < -0.4 is 15.0 Å². The molecule has 0 radical (unpaired) electrons. The number of methoxy groups -OCH3 is 1. The van der Waals surface area contributed by atoms with Gasteiger partial charge in [-0.2, -0.15) is 0 Å². The minimum atomic E-state index is -0.410. The zero-order valence-corrected chi connectivity index (χ0v) is 18.7. The molecular weight excluding hydrogens is 390 g/mol. The van der Waals surface area contributed by atoms with Gasteiger partial charge in [-0.25, -0.2) is 4.79 Å². The third-order valence-corrected chi connectivity index (χ3v) is 6.43. The van der Waals surface area contributed by atoms with Crippen molar-refractivity contribution in [3.8, 4) is 5.75 Å². The van der Waals surface area contributed by atoms with Crippen LogP contribution in [0.3, 0.4) is 0 Å². The van der Waals surface area contributed by atoms with Gasteiger partial charge in [-0.05, 0) is 49.5 Å². The van der Waals surface area contributed by atoms with Crippen LogP contribution in [0, 0.1) is 0 Å². The van der Waals surface area contributed by atoms with E-state index in [4.69, 9.17) is 4.74 Å². The summed E-state index contributed by atoms with van der Waals surface area (Å²) in [6.45, 7) is 6.94. The van der Waals surface area contributed by atoms with E-state index in [1.165, 1.54) is 10.5 Å². The lowest BCUT2D eigenvalue weighted by atomic mass is 9.80. The molecule has 2 aromatic carbocycles. The monoisotopic (exact) mass is 419 g/mol. The number of nitrogens with one attached hydrogen (secondary N) is 1. The van der Waals surface area contributed by atoms with Crippen LogP contribution in [-0.2, 0) is 11.3 Å². The summed E-state index contributed by atoms with van der Waals surface area (Å²) in [5, 5.41) is 2.72. The Bertz CT molecular complexity index is 1060. The maximum atomic E-state index is 12.9. The Morgan fingerprint density at radius 2 is 1.90 bits per heavy atom. The average Bonchev–Trinajstić information content (AvgIpc) is 3.00. The molecule has 1 atom stereocenters. The topological polar surface area (TPSA) is 61.9 Å². The molecule has 4 rings (SSSR count). The number of nitrogens with zero attached hydrogens (tertiary/aromatic N) is 2. The van der Waals surface area contributed by atoms with Gasteiger partial charge in [0.1, 0.15) is 11.4 Å². The zero-order valence-electron chi connectivity index (χ0n) is 18.7. The third-order valence-electron chi connectivity index (χ3n) is 6.43. The molecule has 2 heterocycles. The minimum absolute atomic E-state index is 0.0464. The van der Waals surface area contributed by atoms with E-state index >= 15 is 0 Å². The van der Waals surface area contributed by atoms with Crippen molar-refractivity contribution < 1.29 is 14.3 Å². The Kier molecular flexibility index (Phi) is 5.25. The highest BCUT2D eigenvalue weighted by Crippen LogP contribution is 2.45. The van der Waals surface area contributed by atoms with Gasteiger partial charge in [-0.1, -0.05) is 37.3 Å². The van der Waals surface area contributed by atoms with E-state index in [-0.39, 0.29) is 23.7 Å². The maximum absolute atomic E-state index is 12.9. The van der Waals surface area contributed by atoms with E-state index in [9.17, 15) is 9.59 Å². The molecule has 1 saturated heterocycles. The highest BCUT2D eigenvalue weighted by Gasteiger charge is 2.36. The standard InChI is InChI=1S/C25H29N3O3/c1-16-14-25(2,3)27(4)21-13-22(31-5)18(11-19(16)21)12-20-23(29)28(24(30)26-20)15-17-9-7-6-8-10-17/h6-13,16H,14-15H2,1-5H3,(H,26,30)/b20-12+. The van der Waals surface area contributed by atoms with E-state index in [0.717, 1.165) is 23.2 Å². The van der Waals surface area contributed by atoms with Crippen molar-refractivity contribution in [1.29, 1.82) is 0 Å². The van der Waals surface area contributed by atoms with Crippen LogP contribution in [0.2, 0.25) is 0 Å². The number of hydrogen-bond acceptors (Lipinski definition) is 4. The molecule has 1 unspecified atom stereocenters. The SMILES string of the molecule is COc1cc2c(cc1/C=C1/NC(=O)N(Cc3ccccc3)C1=O)C(C)CC(C)(C)N2C. The second-order valence-electron chi connectivity index (χ2n) is 8.99. The molecule has 162 valence electrons. The number of rotatable bonds is 4. The van der Waals surface area contributed by atoms with Crippen molar-refractivity contribution in [2.75, 3.05) is 19.1 Å². The van der Waals surface area contributed by atoms with E-state index in [0.29, 0.717) is 11.7 Å². The first-order valence-electron chi connectivity index (χ1n) is 10.6. The van der Waals surface area contributed by atoms with Crippen LogP contribution in [0.25, 0.3) is 6.08 Å².